The largest absolute Gasteiger partial charge is 0.501 e. The van der Waals surface area contributed by atoms with Gasteiger partial charge in [-0.1, -0.05) is 0 Å². The zero-order valence-electron chi connectivity index (χ0n) is 10.6. The van der Waals surface area contributed by atoms with Gasteiger partial charge in [-0.25, -0.2) is 5.10 Å². The highest BCUT2D eigenvalue weighted by atomic mass is 79.9. The van der Waals surface area contributed by atoms with Gasteiger partial charge in [0.25, 0.3) is 0 Å². The summed E-state index contributed by atoms with van der Waals surface area (Å²) in [5.41, 5.74) is 0.00230. The number of halogens is 1. The van der Waals surface area contributed by atoms with Crippen LogP contribution in [-0.4, -0.2) is 43.0 Å². The number of carbonyl (C=O) groups excluding carboxylic acids is 1. The third-order valence-corrected chi connectivity index (χ3v) is 3.60. The van der Waals surface area contributed by atoms with Gasteiger partial charge in [0.1, 0.15) is 0 Å². The van der Waals surface area contributed by atoms with Crippen LogP contribution in [-0.2, 0) is 4.79 Å². The summed E-state index contributed by atoms with van der Waals surface area (Å²) in [6, 6.07) is 1.43. The fraction of sp³-hybridized carbons (Fsp3) is 0.0909. The van der Waals surface area contributed by atoms with Crippen molar-refractivity contribution < 1.29 is 19.6 Å². The molecule has 1 aliphatic heterocycles. The van der Waals surface area contributed by atoms with Crippen LogP contribution in [0.1, 0.15) is 11.4 Å². The first-order valence-corrected chi connectivity index (χ1v) is 6.59. The number of nitro groups is 1. The number of phenols is 1. The summed E-state index contributed by atoms with van der Waals surface area (Å²) >= 11 is 3.04. The number of hydrogen-bond acceptors (Lipinski definition) is 8. The van der Waals surface area contributed by atoms with Gasteiger partial charge in [-0.2, -0.15) is 0 Å². The quantitative estimate of drug-likeness (QED) is 0.465. The van der Waals surface area contributed by atoms with Gasteiger partial charge in [-0.15, -0.1) is 5.10 Å². The lowest BCUT2D eigenvalue weighted by Crippen LogP contribution is -2.24. The van der Waals surface area contributed by atoms with Crippen molar-refractivity contribution in [3.63, 3.8) is 0 Å². The van der Waals surface area contributed by atoms with Crippen LogP contribution in [0.25, 0.3) is 11.6 Å². The van der Waals surface area contributed by atoms with E-state index in [0.717, 1.165) is 0 Å². The van der Waals surface area contributed by atoms with E-state index >= 15 is 0 Å². The lowest BCUT2D eigenvalue weighted by Gasteiger charge is -2.22. The maximum atomic E-state index is 11.2. The molecule has 0 saturated heterocycles. The zero-order valence-corrected chi connectivity index (χ0v) is 12.1. The van der Waals surface area contributed by atoms with E-state index in [9.17, 15) is 20.0 Å². The maximum absolute atomic E-state index is 11.2. The molecule has 1 aromatic carbocycles. The second kappa shape index (κ2) is 5.18. The fourth-order valence-electron chi connectivity index (χ4n) is 2.05. The van der Waals surface area contributed by atoms with Crippen molar-refractivity contribution in [2.45, 2.75) is 6.10 Å². The molecule has 1 unspecified atom stereocenters. The van der Waals surface area contributed by atoms with E-state index in [-0.39, 0.29) is 16.0 Å². The van der Waals surface area contributed by atoms with E-state index in [1.165, 1.54) is 12.1 Å². The molecule has 0 amide bonds. The molecule has 11 heteroatoms. The molecule has 22 heavy (non-hydrogen) atoms. The van der Waals surface area contributed by atoms with Crippen molar-refractivity contribution in [2.75, 3.05) is 0 Å². The molecule has 10 nitrogen and oxygen atoms in total. The molecule has 0 aliphatic carbocycles. The number of H-pyrrole nitrogens is 1. The molecular weight excluding hydrogens is 362 g/mol. The number of aromatic amines is 1. The molecule has 2 N–H and O–H groups in total. The molecular formula is C11H6BrN5O5. The fourth-order valence-corrected chi connectivity index (χ4v) is 2.49. The number of tetrazole rings is 1. The molecule has 0 radical (unpaired) electrons. The van der Waals surface area contributed by atoms with Crippen molar-refractivity contribution in [1.29, 1.82) is 0 Å². The molecule has 3 rings (SSSR count). The van der Waals surface area contributed by atoms with Gasteiger partial charge in [0.05, 0.1) is 9.40 Å². The molecule has 2 aromatic rings. The second-order valence-electron chi connectivity index (χ2n) is 4.26. The number of nitrogens with one attached hydrogen (secondary N) is 1. The summed E-state index contributed by atoms with van der Waals surface area (Å²) in [7, 11) is 0. The predicted octanol–water partition coefficient (Wildman–Crippen LogP) is 1.08. The number of rotatable bonds is 3. The Kier molecular flexibility index (Phi) is 3.33. The Morgan fingerprint density at radius 3 is 2.91 bits per heavy atom. The number of aldehydes is 1. The number of aromatic hydroxyl groups is 1. The molecule has 1 aliphatic rings. The Balaban J connectivity index is 2.25. The Morgan fingerprint density at radius 1 is 1.55 bits per heavy atom. The van der Waals surface area contributed by atoms with Gasteiger partial charge in [0.2, 0.25) is 11.5 Å². The Labute approximate surface area is 130 Å². The summed E-state index contributed by atoms with van der Waals surface area (Å²) in [4.78, 5) is 21.6. The molecule has 2 heterocycles. The van der Waals surface area contributed by atoms with Gasteiger partial charge in [-0.05, 0) is 38.5 Å². The number of phenolic OH excluding ortho intramolecular Hbond substituents is 1. The normalized spacial score (nSPS) is 16.4. The minimum absolute atomic E-state index is 0.123. The van der Waals surface area contributed by atoms with Crippen LogP contribution < -0.4 is 4.74 Å². The molecule has 0 saturated carbocycles. The van der Waals surface area contributed by atoms with E-state index in [4.69, 9.17) is 4.74 Å². The zero-order chi connectivity index (χ0) is 15.9. The molecule has 1 aromatic heterocycles. The average molecular weight is 368 g/mol. The summed E-state index contributed by atoms with van der Waals surface area (Å²) in [5, 5.41) is 34.0. The van der Waals surface area contributed by atoms with Crippen molar-refractivity contribution >= 4 is 39.6 Å². The summed E-state index contributed by atoms with van der Waals surface area (Å²) in [6.07, 6.45) is 0.804. The highest BCUT2D eigenvalue weighted by Crippen LogP contribution is 2.47. The second-order valence-corrected chi connectivity index (χ2v) is 5.11. The standard InChI is InChI=1S/C11H6BrN5O5/c12-6-2-4-1-5(11-13-15-16-14-11)7(3-18)22-10(4)8(9(6)19)17(20)21/h1-3,7,19H,(H,13,14,15,16). The third kappa shape index (κ3) is 2.11. The van der Waals surface area contributed by atoms with Crippen LogP contribution in [0.2, 0.25) is 0 Å². The van der Waals surface area contributed by atoms with Crippen LogP contribution in [0.3, 0.4) is 0 Å². The van der Waals surface area contributed by atoms with E-state index < -0.39 is 22.5 Å². The minimum Gasteiger partial charge on any atom is -0.501 e. The molecule has 1 atom stereocenters. The molecule has 112 valence electrons. The van der Waals surface area contributed by atoms with Crippen LogP contribution >= 0.6 is 15.9 Å². The number of nitrogens with zero attached hydrogens (tertiary/aromatic N) is 4. The maximum Gasteiger partial charge on any atom is 0.353 e. The Bertz CT molecular complexity index is 804. The van der Waals surface area contributed by atoms with E-state index in [0.29, 0.717) is 17.4 Å². The smallest absolute Gasteiger partial charge is 0.353 e. The topological polar surface area (TPSA) is 144 Å². The van der Waals surface area contributed by atoms with E-state index in [1.54, 1.807) is 0 Å². The lowest BCUT2D eigenvalue weighted by molar-refractivity contribution is -0.387. The number of nitro benzene ring substituents is 1. The van der Waals surface area contributed by atoms with Crippen molar-refractivity contribution in [3.05, 3.63) is 32.0 Å². The number of aromatic nitrogens is 4. The van der Waals surface area contributed by atoms with Crippen molar-refractivity contribution in [1.82, 2.24) is 20.6 Å². The average Bonchev–Trinajstić information content (AvgIpc) is 3.01. The highest BCUT2D eigenvalue weighted by Gasteiger charge is 2.34. The Hall–Kier alpha value is -2.82. The number of ether oxygens (including phenoxy) is 1. The van der Waals surface area contributed by atoms with Gasteiger partial charge in [0.15, 0.2) is 18.2 Å². The SMILES string of the molecule is O=CC1Oc2c(cc(Br)c(O)c2[N+](=O)[O-])C=C1c1nnn[nH]1. The van der Waals surface area contributed by atoms with Crippen LogP contribution in [0, 0.1) is 10.1 Å². The highest BCUT2D eigenvalue weighted by molar-refractivity contribution is 9.10. The van der Waals surface area contributed by atoms with Crippen molar-refractivity contribution in [3.8, 4) is 11.5 Å². The molecule has 0 fully saturated rings. The summed E-state index contributed by atoms with van der Waals surface area (Å²) in [5.74, 6) is -0.569. The predicted molar refractivity (Wildman–Crippen MR) is 75.0 cm³/mol. The number of hydrogen-bond donors (Lipinski definition) is 2. The summed E-state index contributed by atoms with van der Waals surface area (Å²) in [6.45, 7) is 0. The number of fused-ring (bicyclic) bond motifs is 1. The van der Waals surface area contributed by atoms with E-state index in [1.807, 2.05) is 0 Å². The van der Waals surface area contributed by atoms with Crippen LogP contribution in [0.4, 0.5) is 5.69 Å². The first-order valence-electron chi connectivity index (χ1n) is 5.80. The third-order valence-electron chi connectivity index (χ3n) is 3.00. The molecule has 0 bridgehead atoms. The van der Waals surface area contributed by atoms with Gasteiger partial charge < -0.3 is 9.84 Å². The minimum atomic E-state index is -1.14. The summed E-state index contributed by atoms with van der Waals surface area (Å²) < 4.78 is 5.49. The van der Waals surface area contributed by atoms with Crippen molar-refractivity contribution in [2.24, 2.45) is 0 Å². The number of carbonyl (C=O) groups is 1. The first kappa shape index (κ1) is 14.1. The Morgan fingerprint density at radius 2 is 2.32 bits per heavy atom. The van der Waals surface area contributed by atoms with Gasteiger partial charge in [0, 0.05) is 11.1 Å². The number of benzene rings is 1. The first-order chi connectivity index (χ1) is 10.5. The molecule has 0 spiro atoms. The lowest BCUT2D eigenvalue weighted by atomic mass is 10.0. The monoisotopic (exact) mass is 367 g/mol. The van der Waals surface area contributed by atoms with Gasteiger partial charge >= 0.3 is 5.69 Å². The van der Waals surface area contributed by atoms with Gasteiger partial charge in [-0.3, -0.25) is 14.9 Å². The van der Waals surface area contributed by atoms with E-state index in [2.05, 4.69) is 36.6 Å². The van der Waals surface area contributed by atoms with Crippen LogP contribution in [0.5, 0.6) is 11.5 Å². The van der Waals surface area contributed by atoms with Crippen LogP contribution in [0.15, 0.2) is 10.5 Å².